The van der Waals surface area contributed by atoms with Crippen LogP contribution in [0.3, 0.4) is 0 Å². The molecule has 12 heteroatoms. The van der Waals surface area contributed by atoms with E-state index in [2.05, 4.69) is 26.3 Å². The lowest BCUT2D eigenvalue weighted by molar-refractivity contribution is -0.128. The topological polar surface area (TPSA) is 168 Å². The molecule has 0 saturated heterocycles. The zero-order valence-corrected chi connectivity index (χ0v) is 34.0. The number of hydrogen-bond acceptors (Lipinski definition) is 8. The Kier molecular flexibility index (Phi) is 15.8. The summed E-state index contributed by atoms with van der Waals surface area (Å²) < 4.78 is 10.3. The number of methoxy groups -OCH3 is 1. The summed E-state index contributed by atoms with van der Waals surface area (Å²) in [6.45, 7) is 11.0. The molecule has 1 aromatic heterocycles. The molecule has 12 nitrogen and oxygen atoms in total. The lowest BCUT2D eigenvalue weighted by Gasteiger charge is -2.35. The van der Waals surface area contributed by atoms with Crippen LogP contribution in [0, 0.1) is 10.8 Å². The zero-order chi connectivity index (χ0) is 41.6. The highest BCUT2D eigenvalue weighted by atomic mass is 16.5. The van der Waals surface area contributed by atoms with Crippen LogP contribution in [0.1, 0.15) is 64.7 Å². The summed E-state index contributed by atoms with van der Waals surface area (Å²) in [6, 6.07) is 28.7. The molecule has 0 aliphatic rings. The van der Waals surface area contributed by atoms with Crippen molar-refractivity contribution in [3.05, 3.63) is 126 Å². The number of rotatable bonds is 16. The highest BCUT2D eigenvalue weighted by Gasteiger charge is 2.37. The summed E-state index contributed by atoms with van der Waals surface area (Å²) in [5, 5.41) is 23.6. The van der Waals surface area contributed by atoms with Crippen LogP contribution >= 0.6 is 0 Å². The summed E-state index contributed by atoms with van der Waals surface area (Å²) in [4.78, 5) is 57.8. The molecule has 0 unspecified atom stereocenters. The predicted molar refractivity (Wildman–Crippen MR) is 220 cm³/mol. The van der Waals surface area contributed by atoms with Crippen molar-refractivity contribution in [2.75, 3.05) is 7.11 Å². The van der Waals surface area contributed by atoms with Gasteiger partial charge in [-0.2, -0.15) is 0 Å². The average Bonchev–Trinajstić information content (AvgIpc) is 3.18. The Balaban J connectivity index is 1.60. The number of nitrogens with one attached hydrogen (secondary N) is 4. The van der Waals surface area contributed by atoms with Crippen molar-refractivity contribution in [1.29, 1.82) is 0 Å². The number of nitrogens with zero attached hydrogens (tertiary/aromatic N) is 1. The molecule has 4 aromatic rings. The van der Waals surface area contributed by atoms with Crippen molar-refractivity contribution in [2.45, 2.75) is 97.7 Å². The Labute approximate surface area is 336 Å². The molecule has 0 fully saturated rings. The number of pyridine rings is 1. The second-order valence-corrected chi connectivity index (χ2v) is 16.4. The SMILES string of the molecule is COC(=O)N[C@H](C(=O)N[C@@H](Cc1ccc(-c2ccccn2)cc1)C[C@H](O)[C@H](Cc1ccccc1)NC(=O)[C@@H](NC(=O)OCc1ccccc1)C(C)(C)C)C(C)(C)C. The van der Waals surface area contributed by atoms with Gasteiger partial charge in [0.2, 0.25) is 11.8 Å². The van der Waals surface area contributed by atoms with Crippen LogP contribution in [0.4, 0.5) is 9.59 Å². The van der Waals surface area contributed by atoms with Crippen LogP contribution in [0.2, 0.25) is 0 Å². The maximum Gasteiger partial charge on any atom is 0.408 e. The van der Waals surface area contributed by atoms with Gasteiger partial charge in [0.1, 0.15) is 18.7 Å². The molecule has 5 N–H and O–H groups in total. The largest absolute Gasteiger partial charge is 0.453 e. The molecule has 4 rings (SSSR count). The third-order valence-corrected chi connectivity index (χ3v) is 9.54. The molecule has 0 radical (unpaired) electrons. The number of aromatic nitrogens is 1. The number of ether oxygens (including phenoxy) is 2. The van der Waals surface area contributed by atoms with E-state index >= 15 is 0 Å². The molecule has 1 heterocycles. The van der Waals surface area contributed by atoms with Gasteiger partial charge in [-0.05, 0) is 58.9 Å². The second-order valence-electron chi connectivity index (χ2n) is 16.4. The quantitative estimate of drug-likeness (QED) is 0.0875. The van der Waals surface area contributed by atoms with E-state index in [1.165, 1.54) is 7.11 Å². The fraction of sp³-hybridized carbons (Fsp3) is 0.400. The van der Waals surface area contributed by atoms with Crippen molar-refractivity contribution in [3.63, 3.8) is 0 Å². The van der Waals surface area contributed by atoms with E-state index in [4.69, 9.17) is 9.47 Å². The Bertz CT molecular complexity index is 1880. The first-order chi connectivity index (χ1) is 27.0. The van der Waals surface area contributed by atoms with Gasteiger partial charge < -0.3 is 35.8 Å². The minimum atomic E-state index is -1.17. The van der Waals surface area contributed by atoms with E-state index < -0.39 is 65.1 Å². The number of hydrogen-bond donors (Lipinski definition) is 5. The van der Waals surface area contributed by atoms with E-state index in [1.54, 1.807) is 6.20 Å². The van der Waals surface area contributed by atoms with Crippen molar-refractivity contribution in [3.8, 4) is 11.3 Å². The molecule has 5 atom stereocenters. The van der Waals surface area contributed by atoms with Gasteiger partial charge in [-0.25, -0.2) is 9.59 Å². The molecule has 0 saturated carbocycles. The first-order valence-corrected chi connectivity index (χ1v) is 19.2. The number of amides is 4. The summed E-state index contributed by atoms with van der Waals surface area (Å²) in [6.07, 6.45) is -0.314. The van der Waals surface area contributed by atoms with Crippen LogP contribution < -0.4 is 21.3 Å². The fourth-order valence-electron chi connectivity index (χ4n) is 6.39. The molecule has 4 amide bonds. The van der Waals surface area contributed by atoms with Crippen LogP contribution in [-0.4, -0.2) is 71.5 Å². The Hall–Kier alpha value is -5.75. The summed E-state index contributed by atoms with van der Waals surface area (Å²) in [7, 11) is 1.23. The normalized spacial score (nSPS) is 14.2. The highest BCUT2D eigenvalue weighted by molar-refractivity contribution is 5.87. The molecule has 3 aromatic carbocycles. The molecule has 57 heavy (non-hydrogen) atoms. The third kappa shape index (κ3) is 14.0. The minimum Gasteiger partial charge on any atom is -0.453 e. The standard InChI is InChI=1S/C45H57N5O7/c1-44(2,3)38(49-42(54)56-7)40(52)47-34(26-31-21-23-33(24-22-31)35-20-14-15-25-46-35)28-37(51)36(27-30-16-10-8-11-17-30)48-41(53)39(45(4,5)6)50-43(55)57-29-32-18-12-9-13-19-32/h8-25,34,36-39,51H,26-29H2,1-7H3,(H,47,52)(H,48,53)(H,49,54)(H,50,55)/t34-,36-,37-,38+,39+/m0/s1. The molecule has 304 valence electrons. The van der Waals surface area contributed by atoms with Gasteiger partial charge in [-0.3, -0.25) is 14.6 Å². The van der Waals surface area contributed by atoms with E-state index in [9.17, 15) is 24.3 Å². The number of carbonyl (C=O) groups is 4. The first-order valence-electron chi connectivity index (χ1n) is 19.2. The van der Waals surface area contributed by atoms with Crippen molar-refractivity contribution >= 4 is 24.0 Å². The van der Waals surface area contributed by atoms with Crippen LogP contribution in [-0.2, 0) is 38.5 Å². The molecule has 0 aliphatic heterocycles. The smallest absolute Gasteiger partial charge is 0.408 e. The molecule has 0 aliphatic carbocycles. The van der Waals surface area contributed by atoms with Gasteiger partial charge in [0, 0.05) is 17.8 Å². The predicted octanol–water partition coefficient (Wildman–Crippen LogP) is 6.37. The maximum atomic E-state index is 14.1. The Morgan fingerprint density at radius 3 is 1.70 bits per heavy atom. The Morgan fingerprint density at radius 2 is 1.16 bits per heavy atom. The van der Waals surface area contributed by atoms with Crippen LogP contribution in [0.25, 0.3) is 11.3 Å². The van der Waals surface area contributed by atoms with Crippen molar-refractivity contribution < 1.29 is 33.8 Å². The highest BCUT2D eigenvalue weighted by Crippen LogP contribution is 2.24. The second kappa shape index (κ2) is 20.4. The number of aliphatic hydroxyl groups excluding tert-OH is 1. The maximum absolute atomic E-state index is 14.1. The molecule has 0 bridgehead atoms. The van der Waals surface area contributed by atoms with E-state index in [-0.39, 0.29) is 19.4 Å². The van der Waals surface area contributed by atoms with Gasteiger partial charge >= 0.3 is 12.2 Å². The average molecular weight is 780 g/mol. The summed E-state index contributed by atoms with van der Waals surface area (Å²) in [5.41, 5.74) is 2.87. The lowest BCUT2D eigenvalue weighted by Crippen LogP contribution is -2.59. The fourth-order valence-corrected chi connectivity index (χ4v) is 6.39. The zero-order valence-electron chi connectivity index (χ0n) is 34.0. The number of benzene rings is 3. The van der Waals surface area contributed by atoms with Gasteiger partial charge in [0.25, 0.3) is 0 Å². The molecular weight excluding hydrogens is 723 g/mol. The number of aliphatic hydroxyl groups is 1. The van der Waals surface area contributed by atoms with Gasteiger partial charge in [-0.1, -0.05) is 133 Å². The third-order valence-electron chi connectivity index (χ3n) is 9.54. The van der Waals surface area contributed by atoms with E-state index in [0.717, 1.165) is 27.9 Å². The minimum absolute atomic E-state index is 0.0324. The molecular formula is C45H57N5O7. The lowest BCUT2D eigenvalue weighted by atomic mass is 9.85. The molecule has 0 spiro atoms. The van der Waals surface area contributed by atoms with Crippen LogP contribution in [0.15, 0.2) is 109 Å². The first kappa shape index (κ1) is 44.0. The summed E-state index contributed by atoms with van der Waals surface area (Å²) in [5.74, 6) is -0.954. The number of alkyl carbamates (subject to hydrolysis) is 2. The van der Waals surface area contributed by atoms with Gasteiger partial charge in [-0.15, -0.1) is 0 Å². The van der Waals surface area contributed by atoms with E-state index in [1.807, 2.05) is 145 Å². The van der Waals surface area contributed by atoms with Gasteiger partial charge in [0.05, 0.1) is 24.9 Å². The monoisotopic (exact) mass is 779 g/mol. The van der Waals surface area contributed by atoms with Gasteiger partial charge in [0.15, 0.2) is 0 Å². The van der Waals surface area contributed by atoms with Crippen LogP contribution in [0.5, 0.6) is 0 Å². The van der Waals surface area contributed by atoms with Crippen molar-refractivity contribution in [2.24, 2.45) is 10.8 Å². The van der Waals surface area contributed by atoms with Crippen molar-refractivity contribution in [1.82, 2.24) is 26.3 Å². The number of carbonyl (C=O) groups excluding carboxylic acids is 4. The Morgan fingerprint density at radius 1 is 0.632 bits per heavy atom. The van der Waals surface area contributed by atoms with E-state index in [0.29, 0.717) is 6.42 Å². The summed E-state index contributed by atoms with van der Waals surface area (Å²) >= 11 is 0.